The van der Waals surface area contributed by atoms with E-state index in [1.807, 2.05) is 0 Å². The SMILES string of the molecule is C=C(CC(c1ccccc1C(CC(=C)c1ccccc1)N1CCCCC1)N1CCCCC1)c1ccccc1. The van der Waals surface area contributed by atoms with Crippen molar-refractivity contribution < 1.29 is 0 Å². The number of likely N-dealkylation sites (tertiary alicyclic amines) is 2. The van der Waals surface area contributed by atoms with Crippen LogP contribution in [-0.4, -0.2) is 36.0 Å². The van der Waals surface area contributed by atoms with E-state index in [-0.39, 0.29) is 0 Å². The van der Waals surface area contributed by atoms with E-state index in [1.165, 1.54) is 98.1 Å². The van der Waals surface area contributed by atoms with Gasteiger partial charge in [-0.05, 0) is 98.1 Å². The van der Waals surface area contributed by atoms with E-state index in [2.05, 4.69) is 108 Å². The molecular weight excluding hydrogens is 460 g/mol. The second-order valence-corrected chi connectivity index (χ2v) is 11.2. The molecule has 0 bridgehead atoms. The number of rotatable bonds is 10. The van der Waals surface area contributed by atoms with Gasteiger partial charge in [0.05, 0.1) is 0 Å². The van der Waals surface area contributed by atoms with Crippen LogP contribution >= 0.6 is 0 Å². The lowest BCUT2D eigenvalue weighted by Gasteiger charge is -2.40. The molecule has 5 rings (SSSR count). The molecule has 0 amide bonds. The van der Waals surface area contributed by atoms with E-state index in [4.69, 9.17) is 0 Å². The molecular formula is C36H44N2. The predicted octanol–water partition coefficient (Wildman–Crippen LogP) is 8.95. The second kappa shape index (κ2) is 13.2. The molecule has 2 nitrogen and oxygen atoms in total. The fourth-order valence-corrected chi connectivity index (χ4v) is 6.50. The Bertz CT molecular complexity index is 1080. The molecule has 2 heterocycles. The zero-order chi connectivity index (χ0) is 26.2. The van der Waals surface area contributed by atoms with Crippen LogP contribution in [-0.2, 0) is 0 Å². The molecule has 2 heteroatoms. The Balaban J connectivity index is 1.51. The van der Waals surface area contributed by atoms with E-state index in [0.717, 1.165) is 12.8 Å². The van der Waals surface area contributed by atoms with Crippen molar-refractivity contribution in [3.8, 4) is 0 Å². The van der Waals surface area contributed by atoms with Gasteiger partial charge in [-0.2, -0.15) is 0 Å². The number of hydrogen-bond acceptors (Lipinski definition) is 2. The lowest BCUT2D eigenvalue weighted by molar-refractivity contribution is 0.151. The average molecular weight is 505 g/mol. The molecule has 38 heavy (non-hydrogen) atoms. The van der Waals surface area contributed by atoms with Gasteiger partial charge >= 0.3 is 0 Å². The second-order valence-electron chi connectivity index (χ2n) is 11.2. The number of piperidine rings is 2. The molecule has 0 spiro atoms. The Morgan fingerprint density at radius 3 is 1.21 bits per heavy atom. The van der Waals surface area contributed by atoms with Crippen LogP contribution in [0.25, 0.3) is 11.1 Å². The topological polar surface area (TPSA) is 6.48 Å². The highest BCUT2D eigenvalue weighted by Crippen LogP contribution is 2.41. The summed E-state index contributed by atoms with van der Waals surface area (Å²) in [5, 5.41) is 0. The van der Waals surface area contributed by atoms with E-state index >= 15 is 0 Å². The zero-order valence-corrected chi connectivity index (χ0v) is 23.0. The summed E-state index contributed by atoms with van der Waals surface area (Å²) in [6, 6.07) is 31.6. The van der Waals surface area contributed by atoms with Gasteiger partial charge in [-0.15, -0.1) is 0 Å². The zero-order valence-electron chi connectivity index (χ0n) is 23.0. The molecule has 0 saturated carbocycles. The summed E-state index contributed by atoms with van der Waals surface area (Å²) < 4.78 is 0. The first-order valence-corrected chi connectivity index (χ1v) is 14.7. The minimum Gasteiger partial charge on any atom is -0.296 e. The van der Waals surface area contributed by atoms with Crippen LogP contribution < -0.4 is 0 Å². The van der Waals surface area contributed by atoms with Crippen molar-refractivity contribution in [1.82, 2.24) is 9.80 Å². The van der Waals surface area contributed by atoms with Crippen molar-refractivity contribution in [1.29, 1.82) is 0 Å². The lowest BCUT2D eigenvalue weighted by Crippen LogP contribution is -2.37. The highest BCUT2D eigenvalue weighted by Gasteiger charge is 2.30. The summed E-state index contributed by atoms with van der Waals surface area (Å²) >= 11 is 0. The molecule has 3 aromatic rings. The molecule has 0 aliphatic carbocycles. The molecule has 2 aliphatic rings. The van der Waals surface area contributed by atoms with Gasteiger partial charge in [-0.3, -0.25) is 9.80 Å². The van der Waals surface area contributed by atoms with Crippen LogP contribution in [0.4, 0.5) is 0 Å². The Morgan fingerprint density at radius 1 is 0.500 bits per heavy atom. The molecule has 0 aromatic heterocycles. The predicted molar refractivity (Wildman–Crippen MR) is 163 cm³/mol. The molecule has 198 valence electrons. The largest absolute Gasteiger partial charge is 0.296 e. The number of benzene rings is 3. The van der Waals surface area contributed by atoms with Gasteiger partial charge < -0.3 is 0 Å². The van der Waals surface area contributed by atoms with Crippen LogP contribution in [0.5, 0.6) is 0 Å². The summed E-state index contributed by atoms with van der Waals surface area (Å²) in [4.78, 5) is 5.49. The first-order valence-electron chi connectivity index (χ1n) is 14.7. The maximum absolute atomic E-state index is 4.59. The van der Waals surface area contributed by atoms with Crippen molar-refractivity contribution in [2.24, 2.45) is 0 Å². The Morgan fingerprint density at radius 2 is 0.842 bits per heavy atom. The quantitative estimate of drug-likeness (QED) is 0.272. The van der Waals surface area contributed by atoms with Gasteiger partial charge in [0.1, 0.15) is 0 Å². The van der Waals surface area contributed by atoms with Gasteiger partial charge in [0, 0.05) is 12.1 Å². The van der Waals surface area contributed by atoms with Crippen molar-refractivity contribution in [3.05, 3.63) is 120 Å². The van der Waals surface area contributed by atoms with Crippen molar-refractivity contribution >= 4 is 11.1 Å². The smallest absolute Gasteiger partial charge is 0.0391 e. The van der Waals surface area contributed by atoms with E-state index < -0.39 is 0 Å². The summed E-state index contributed by atoms with van der Waals surface area (Å²) in [5.74, 6) is 0. The van der Waals surface area contributed by atoms with Crippen LogP contribution in [0.2, 0.25) is 0 Å². The molecule has 2 atom stereocenters. The van der Waals surface area contributed by atoms with Gasteiger partial charge in [0.15, 0.2) is 0 Å². The first kappa shape index (κ1) is 26.7. The molecule has 0 radical (unpaired) electrons. The number of hydrogen-bond donors (Lipinski definition) is 0. The minimum atomic E-state index is 0.344. The summed E-state index contributed by atoms with van der Waals surface area (Å²) in [7, 11) is 0. The molecule has 2 fully saturated rings. The summed E-state index contributed by atoms with van der Waals surface area (Å²) in [6.45, 7) is 13.9. The normalized spacial score (nSPS) is 18.5. The van der Waals surface area contributed by atoms with Gasteiger partial charge in [0.2, 0.25) is 0 Å². The monoisotopic (exact) mass is 504 g/mol. The van der Waals surface area contributed by atoms with Crippen LogP contribution in [0.1, 0.15) is 85.7 Å². The highest BCUT2D eigenvalue weighted by atomic mass is 15.2. The summed E-state index contributed by atoms with van der Waals surface area (Å²) in [6.07, 6.45) is 9.78. The number of nitrogens with zero attached hydrogens (tertiary/aromatic N) is 2. The fraction of sp³-hybridized carbons (Fsp3) is 0.389. The van der Waals surface area contributed by atoms with Crippen molar-refractivity contribution in [2.45, 2.75) is 63.5 Å². The Labute approximate surface area is 230 Å². The van der Waals surface area contributed by atoms with E-state index in [0.29, 0.717) is 12.1 Å². The van der Waals surface area contributed by atoms with Crippen LogP contribution in [0, 0.1) is 0 Å². The van der Waals surface area contributed by atoms with Gasteiger partial charge in [-0.1, -0.05) is 111 Å². The molecule has 2 unspecified atom stereocenters. The fourth-order valence-electron chi connectivity index (χ4n) is 6.50. The first-order chi connectivity index (χ1) is 18.7. The van der Waals surface area contributed by atoms with Crippen LogP contribution in [0.3, 0.4) is 0 Å². The van der Waals surface area contributed by atoms with Gasteiger partial charge in [0.25, 0.3) is 0 Å². The van der Waals surface area contributed by atoms with Crippen LogP contribution in [0.15, 0.2) is 98.1 Å². The Hall–Kier alpha value is -2.94. The van der Waals surface area contributed by atoms with E-state index in [9.17, 15) is 0 Å². The standard InChI is InChI=1S/C36H44N2/c1-29(31-17-7-3-8-18-31)27-35(37-23-13-5-14-24-37)33-21-11-12-22-34(33)36(38-25-15-6-16-26-38)28-30(2)32-19-9-4-10-20-32/h3-4,7-12,17-22,35-36H,1-2,5-6,13-16,23-28H2. The average Bonchev–Trinajstić information content (AvgIpc) is 3.00. The highest BCUT2D eigenvalue weighted by molar-refractivity contribution is 5.65. The lowest BCUT2D eigenvalue weighted by atomic mass is 9.85. The van der Waals surface area contributed by atoms with Crippen molar-refractivity contribution in [2.75, 3.05) is 26.2 Å². The van der Waals surface area contributed by atoms with Gasteiger partial charge in [-0.25, -0.2) is 0 Å². The molecule has 2 saturated heterocycles. The molecule has 3 aromatic carbocycles. The maximum Gasteiger partial charge on any atom is 0.0391 e. The third-order valence-electron chi connectivity index (χ3n) is 8.62. The third kappa shape index (κ3) is 6.54. The minimum absolute atomic E-state index is 0.344. The molecule has 2 aliphatic heterocycles. The summed E-state index contributed by atoms with van der Waals surface area (Å²) in [5.41, 5.74) is 7.97. The Kier molecular flexibility index (Phi) is 9.28. The molecule has 0 N–H and O–H groups in total. The maximum atomic E-state index is 4.59. The third-order valence-corrected chi connectivity index (χ3v) is 8.62. The van der Waals surface area contributed by atoms with Crippen molar-refractivity contribution in [3.63, 3.8) is 0 Å². The van der Waals surface area contributed by atoms with E-state index in [1.54, 1.807) is 0 Å².